The van der Waals surface area contributed by atoms with Gasteiger partial charge in [-0.1, -0.05) is 42.8 Å². The van der Waals surface area contributed by atoms with Crippen LogP contribution in [0.3, 0.4) is 0 Å². The number of guanidine groups is 1. The van der Waals surface area contributed by atoms with E-state index in [1.807, 2.05) is 54.3 Å². The van der Waals surface area contributed by atoms with Crippen LogP contribution < -0.4 is 15.4 Å². The molecule has 0 atom stereocenters. The minimum atomic E-state index is 0.294. The third-order valence-corrected chi connectivity index (χ3v) is 5.39. The maximum atomic E-state index is 12.1. The molecular formula is C25H35N5O2. The number of pyridine rings is 1. The Kier molecular flexibility index (Phi) is 9.83. The van der Waals surface area contributed by atoms with Crippen LogP contribution in [0.25, 0.3) is 0 Å². The van der Waals surface area contributed by atoms with Crippen LogP contribution in [0.15, 0.2) is 53.7 Å². The number of benzene rings is 1. The summed E-state index contributed by atoms with van der Waals surface area (Å²) in [6.07, 6.45) is 6.62. The van der Waals surface area contributed by atoms with E-state index in [-0.39, 0.29) is 0 Å². The molecule has 1 fully saturated rings. The fourth-order valence-electron chi connectivity index (χ4n) is 3.66. The van der Waals surface area contributed by atoms with E-state index in [1.165, 1.54) is 0 Å². The Labute approximate surface area is 191 Å². The first-order valence-corrected chi connectivity index (χ1v) is 11.7. The monoisotopic (exact) mass is 437 g/mol. The van der Waals surface area contributed by atoms with Gasteiger partial charge < -0.3 is 20.3 Å². The van der Waals surface area contributed by atoms with E-state index < -0.39 is 0 Å². The first kappa shape index (κ1) is 23.6. The number of nitrogens with zero attached hydrogens (tertiary/aromatic N) is 3. The van der Waals surface area contributed by atoms with Crippen LogP contribution in [0, 0.1) is 0 Å². The predicted molar refractivity (Wildman–Crippen MR) is 127 cm³/mol. The van der Waals surface area contributed by atoms with Crippen molar-refractivity contribution in [3.05, 3.63) is 59.8 Å². The molecule has 1 aromatic carbocycles. The van der Waals surface area contributed by atoms with Gasteiger partial charge in [0.1, 0.15) is 6.61 Å². The molecule has 3 rings (SSSR count). The SMILES string of the molecule is CCNC(=NCc1cccnc1OCc1ccccc1)NCCCN1CCCCCC1=O. The summed E-state index contributed by atoms with van der Waals surface area (Å²) in [7, 11) is 0. The van der Waals surface area contributed by atoms with E-state index in [9.17, 15) is 4.79 Å². The molecule has 32 heavy (non-hydrogen) atoms. The van der Waals surface area contributed by atoms with Crippen LogP contribution in [-0.2, 0) is 17.9 Å². The van der Waals surface area contributed by atoms with E-state index >= 15 is 0 Å². The van der Waals surface area contributed by atoms with Crippen molar-refractivity contribution >= 4 is 11.9 Å². The second-order valence-electron chi connectivity index (χ2n) is 7.91. The number of aromatic nitrogens is 1. The molecule has 2 aromatic rings. The third-order valence-electron chi connectivity index (χ3n) is 5.39. The number of hydrogen-bond acceptors (Lipinski definition) is 4. The van der Waals surface area contributed by atoms with Crippen molar-refractivity contribution in [3.8, 4) is 5.88 Å². The van der Waals surface area contributed by atoms with Crippen LogP contribution in [0.2, 0.25) is 0 Å². The molecule has 0 unspecified atom stereocenters. The Bertz CT molecular complexity index is 856. The molecule has 0 aliphatic carbocycles. The molecule has 2 N–H and O–H groups in total. The van der Waals surface area contributed by atoms with Gasteiger partial charge in [-0.2, -0.15) is 0 Å². The largest absolute Gasteiger partial charge is 0.473 e. The number of carbonyl (C=O) groups is 1. The van der Waals surface area contributed by atoms with Crippen LogP contribution in [0.1, 0.15) is 50.2 Å². The van der Waals surface area contributed by atoms with E-state index in [0.717, 1.165) is 68.9 Å². The fourth-order valence-corrected chi connectivity index (χ4v) is 3.66. The van der Waals surface area contributed by atoms with Crippen molar-refractivity contribution < 1.29 is 9.53 Å². The lowest BCUT2D eigenvalue weighted by Crippen LogP contribution is -2.39. The molecule has 1 aliphatic rings. The predicted octanol–water partition coefficient (Wildman–Crippen LogP) is 3.51. The number of amides is 1. The Morgan fingerprint density at radius 2 is 2.00 bits per heavy atom. The minimum Gasteiger partial charge on any atom is -0.473 e. The first-order chi connectivity index (χ1) is 15.8. The second-order valence-corrected chi connectivity index (χ2v) is 7.91. The summed E-state index contributed by atoms with van der Waals surface area (Å²) in [5.74, 6) is 1.66. The molecule has 0 bridgehead atoms. The van der Waals surface area contributed by atoms with Gasteiger partial charge in [0.15, 0.2) is 5.96 Å². The molecule has 7 heteroatoms. The van der Waals surface area contributed by atoms with Gasteiger partial charge in [-0.25, -0.2) is 9.98 Å². The third kappa shape index (κ3) is 7.87. The zero-order valence-corrected chi connectivity index (χ0v) is 19.1. The molecule has 1 saturated heterocycles. The van der Waals surface area contributed by atoms with Crippen molar-refractivity contribution in [2.45, 2.75) is 52.2 Å². The maximum Gasteiger partial charge on any atom is 0.222 e. The maximum absolute atomic E-state index is 12.1. The molecule has 0 saturated carbocycles. The van der Waals surface area contributed by atoms with Crippen molar-refractivity contribution in [3.63, 3.8) is 0 Å². The number of likely N-dealkylation sites (tertiary alicyclic amines) is 1. The number of aliphatic imine (C=N–C) groups is 1. The zero-order valence-electron chi connectivity index (χ0n) is 19.1. The fraction of sp³-hybridized carbons (Fsp3) is 0.480. The molecule has 1 aromatic heterocycles. The Hall–Kier alpha value is -3.09. The van der Waals surface area contributed by atoms with Gasteiger partial charge in [-0.3, -0.25) is 4.79 Å². The lowest BCUT2D eigenvalue weighted by Gasteiger charge is -2.20. The topological polar surface area (TPSA) is 78.9 Å². The Morgan fingerprint density at radius 3 is 2.84 bits per heavy atom. The molecule has 0 spiro atoms. The first-order valence-electron chi connectivity index (χ1n) is 11.7. The number of hydrogen-bond donors (Lipinski definition) is 2. The highest BCUT2D eigenvalue weighted by molar-refractivity contribution is 5.79. The van der Waals surface area contributed by atoms with Gasteiger partial charge in [-0.05, 0) is 37.8 Å². The van der Waals surface area contributed by atoms with E-state index in [1.54, 1.807) is 6.20 Å². The second kappa shape index (κ2) is 13.3. The summed E-state index contributed by atoms with van der Waals surface area (Å²) < 4.78 is 5.94. The van der Waals surface area contributed by atoms with Crippen molar-refractivity contribution in [2.24, 2.45) is 4.99 Å². The van der Waals surface area contributed by atoms with Crippen molar-refractivity contribution in [1.82, 2.24) is 20.5 Å². The Morgan fingerprint density at radius 1 is 1.12 bits per heavy atom. The summed E-state index contributed by atoms with van der Waals surface area (Å²) in [6, 6.07) is 14.0. The summed E-state index contributed by atoms with van der Waals surface area (Å²) in [6.45, 7) is 6.22. The smallest absolute Gasteiger partial charge is 0.222 e. The molecule has 2 heterocycles. The lowest BCUT2D eigenvalue weighted by molar-refractivity contribution is -0.130. The highest BCUT2D eigenvalue weighted by Crippen LogP contribution is 2.17. The highest BCUT2D eigenvalue weighted by atomic mass is 16.5. The van der Waals surface area contributed by atoms with E-state index in [2.05, 4.69) is 15.6 Å². The minimum absolute atomic E-state index is 0.294. The summed E-state index contributed by atoms with van der Waals surface area (Å²) >= 11 is 0. The summed E-state index contributed by atoms with van der Waals surface area (Å²) in [5, 5.41) is 6.66. The standard InChI is InChI=1S/C25H35N5O2/c1-2-26-25(28-16-10-18-30-17-8-4-7-14-23(30)31)29-19-22-13-9-15-27-24(22)32-20-21-11-5-3-6-12-21/h3,5-6,9,11-13,15H,2,4,7-8,10,14,16-20H2,1H3,(H2,26,28,29). The van der Waals surface area contributed by atoms with E-state index in [4.69, 9.17) is 9.73 Å². The zero-order chi connectivity index (χ0) is 22.4. The van der Waals surface area contributed by atoms with Crippen molar-refractivity contribution in [1.29, 1.82) is 0 Å². The van der Waals surface area contributed by atoms with Gasteiger partial charge in [0.05, 0.1) is 6.54 Å². The number of ether oxygens (including phenoxy) is 1. The number of carbonyl (C=O) groups excluding carboxylic acids is 1. The quantitative estimate of drug-likeness (QED) is 0.338. The van der Waals surface area contributed by atoms with Gasteiger partial charge >= 0.3 is 0 Å². The summed E-state index contributed by atoms with van der Waals surface area (Å²) in [4.78, 5) is 23.2. The van der Waals surface area contributed by atoms with Crippen LogP contribution >= 0.6 is 0 Å². The average Bonchev–Trinajstić information content (AvgIpc) is 3.04. The molecule has 1 aliphatic heterocycles. The average molecular weight is 438 g/mol. The number of rotatable bonds is 10. The van der Waals surface area contributed by atoms with Crippen LogP contribution in [-0.4, -0.2) is 47.9 Å². The van der Waals surface area contributed by atoms with Gasteiger partial charge in [0, 0.05) is 44.4 Å². The normalized spacial score (nSPS) is 14.7. The highest BCUT2D eigenvalue weighted by Gasteiger charge is 2.15. The molecular weight excluding hydrogens is 402 g/mol. The van der Waals surface area contributed by atoms with Crippen LogP contribution in [0.5, 0.6) is 5.88 Å². The van der Waals surface area contributed by atoms with Gasteiger partial charge in [-0.15, -0.1) is 0 Å². The van der Waals surface area contributed by atoms with Crippen LogP contribution in [0.4, 0.5) is 0 Å². The summed E-state index contributed by atoms with van der Waals surface area (Å²) in [5.41, 5.74) is 2.04. The molecule has 7 nitrogen and oxygen atoms in total. The molecule has 172 valence electrons. The van der Waals surface area contributed by atoms with Crippen molar-refractivity contribution in [2.75, 3.05) is 26.2 Å². The molecule has 0 radical (unpaired) electrons. The van der Waals surface area contributed by atoms with E-state index in [0.29, 0.717) is 31.4 Å². The molecule has 1 amide bonds. The Balaban J connectivity index is 1.50. The lowest BCUT2D eigenvalue weighted by atomic mass is 10.2. The number of nitrogens with one attached hydrogen (secondary N) is 2. The van der Waals surface area contributed by atoms with Gasteiger partial charge in [0.25, 0.3) is 0 Å². The van der Waals surface area contributed by atoms with Gasteiger partial charge in [0.2, 0.25) is 11.8 Å².